The van der Waals surface area contributed by atoms with Gasteiger partial charge in [-0.3, -0.25) is 4.79 Å². The van der Waals surface area contributed by atoms with Gasteiger partial charge in [0.2, 0.25) is 5.78 Å². The standard InChI is InChI=1S/C16H13NO3/c1-2-19-12-9-7-11(8-10-12)15(18)16-17-13-5-3-4-6-14(13)20-16/h3-10H,2H2,1H3. The van der Waals surface area contributed by atoms with Gasteiger partial charge in [0.1, 0.15) is 11.3 Å². The normalized spacial score (nSPS) is 10.7. The van der Waals surface area contributed by atoms with Crippen molar-refractivity contribution < 1.29 is 13.9 Å². The Morgan fingerprint density at radius 1 is 1.15 bits per heavy atom. The van der Waals surface area contributed by atoms with E-state index in [1.807, 2.05) is 25.1 Å². The zero-order chi connectivity index (χ0) is 13.9. The number of nitrogens with zero attached hydrogens (tertiary/aromatic N) is 1. The van der Waals surface area contributed by atoms with E-state index in [0.29, 0.717) is 23.3 Å². The predicted octanol–water partition coefficient (Wildman–Crippen LogP) is 3.46. The molecule has 0 bridgehead atoms. The Morgan fingerprint density at radius 2 is 1.90 bits per heavy atom. The number of oxazole rings is 1. The highest BCUT2D eigenvalue weighted by molar-refractivity contribution is 6.07. The van der Waals surface area contributed by atoms with Crippen molar-refractivity contribution in [3.63, 3.8) is 0 Å². The molecule has 0 fully saturated rings. The first kappa shape index (κ1) is 12.4. The van der Waals surface area contributed by atoms with E-state index in [2.05, 4.69) is 4.98 Å². The van der Waals surface area contributed by atoms with Crippen molar-refractivity contribution in [2.24, 2.45) is 0 Å². The molecule has 3 aromatic rings. The second kappa shape index (κ2) is 5.17. The van der Waals surface area contributed by atoms with Crippen molar-refractivity contribution in [2.75, 3.05) is 6.61 Å². The minimum atomic E-state index is -0.232. The van der Waals surface area contributed by atoms with Crippen LogP contribution in [0.4, 0.5) is 0 Å². The molecule has 0 saturated heterocycles. The average Bonchev–Trinajstić information content (AvgIpc) is 2.91. The zero-order valence-electron chi connectivity index (χ0n) is 11.0. The molecule has 4 nitrogen and oxygen atoms in total. The fourth-order valence-corrected chi connectivity index (χ4v) is 1.96. The van der Waals surface area contributed by atoms with Crippen LogP contribution in [0.2, 0.25) is 0 Å². The van der Waals surface area contributed by atoms with Gasteiger partial charge in [-0.15, -0.1) is 0 Å². The topological polar surface area (TPSA) is 52.3 Å². The second-order valence-corrected chi connectivity index (χ2v) is 4.27. The van der Waals surface area contributed by atoms with Crippen LogP contribution in [-0.4, -0.2) is 17.4 Å². The molecule has 20 heavy (non-hydrogen) atoms. The lowest BCUT2D eigenvalue weighted by Gasteiger charge is -2.02. The van der Waals surface area contributed by atoms with E-state index in [1.54, 1.807) is 30.3 Å². The third kappa shape index (κ3) is 2.28. The monoisotopic (exact) mass is 267 g/mol. The van der Waals surface area contributed by atoms with Crippen LogP contribution in [0.3, 0.4) is 0 Å². The van der Waals surface area contributed by atoms with Crippen molar-refractivity contribution in [3.8, 4) is 5.75 Å². The number of carbonyl (C=O) groups excluding carboxylic acids is 1. The molecule has 0 aliphatic heterocycles. The molecule has 0 aliphatic rings. The van der Waals surface area contributed by atoms with Gasteiger partial charge in [-0.2, -0.15) is 0 Å². The maximum atomic E-state index is 12.3. The highest BCUT2D eigenvalue weighted by Gasteiger charge is 2.16. The largest absolute Gasteiger partial charge is 0.494 e. The molecule has 4 heteroatoms. The van der Waals surface area contributed by atoms with Crippen LogP contribution in [-0.2, 0) is 0 Å². The maximum Gasteiger partial charge on any atom is 0.269 e. The van der Waals surface area contributed by atoms with Crippen molar-refractivity contribution in [1.82, 2.24) is 4.98 Å². The number of benzene rings is 2. The number of ether oxygens (including phenoxy) is 1. The summed E-state index contributed by atoms with van der Waals surface area (Å²) in [5.74, 6) is 0.612. The molecular formula is C16H13NO3. The van der Waals surface area contributed by atoms with Crippen LogP contribution >= 0.6 is 0 Å². The van der Waals surface area contributed by atoms with Gasteiger partial charge in [0, 0.05) is 5.56 Å². The van der Waals surface area contributed by atoms with Gasteiger partial charge in [0.15, 0.2) is 5.58 Å². The van der Waals surface area contributed by atoms with E-state index >= 15 is 0 Å². The number of fused-ring (bicyclic) bond motifs is 1. The summed E-state index contributed by atoms with van der Waals surface area (Å²) in [7, 11) is 0. The van der Waals surface area contributed by atoms with Crippen molar-refractivity contribution in [1.29, 1.82) is 0 Å². The molecule has 3 rings (SSSR count). The van der Waals surface area contributed by atoms with Gasteiger partial charge in [-0.25, -0.2) is 4.98 Å². The minimum Gasteiger partial charge on any atom is -0.494 e. The van der Waals surface area contributed by atoms with E-state index in [1.165, 1.54) is 0 Å². The predicted molar refractivity (Wildman–Crippen MR) is 75.1 cm³/mol. The van der Waals surface area contributed by atoms with E-state index < -0.39 is 0 Å². The Labute approximate surface area is 116 Å². The van der Waals surface area contributed by atoms with Gasteiger partial charge in [-0.1, -0.05) is 12.1 Å². The third-order valence-corrected chi connectivity index (χ3v) is 2.92. The van der Waals surface area contributed by atoms with Gasteiger partial charge in [0.25, 0.3) is 5.89 Å². The van der Waals surface area contributed by atoms with Gasteiger partial charge in [-0.05, 0) is 43.3 Å². The minimum absolute atomic E-state index is 0.107. The van der Waals surface area contributed by atoms with Crippen molar-refractivity contribution >= 4 is 16.9 Å². The molecule has 0 radical (unpaired) electrons. The van der Waals surface area contributed by atoms with Crippen LogP contribution in [0.1, 0.15) is 23.2 Å². The first-order valence-corrected chi connectivity index (χ1v) is 6.41. The highest BCUT2D eigenvalue weighted by Crippen LogP contribution is 2.19. The van der Waals surface area contributed by atoms with Crippen LogP contribution in [0.25, 0.3) is 11.1 Å². The van der Waals surface area contributed by atoms with Gasteiger partial charge >= 0.3 is 0 Å². The molecule has 1 heterocycles. The number of rotatable bonds is 4. The summed E-state index contributed by atoms with van der Waals surface area (Å²) >= 11 is 0. The summed E-state index contributed by atoms with van der Waals surface area (Å²) in [6.45, 7) is 2.51. The summed E-state index contributed by atoms with van der Waals surface area (Å²) in [4.78, 5) is 16.5. The summed E-state index contributed by atoms with van der Waals surface area (Å²) in [6.07, 6.45) is 0. The van der Waals surface area contributed by atoms with E-state index in [-0.39, 0.29) is 11.7 Å². The number of para-hydroxylation sites is 2. The van der Waals surface area contributed by atoms with Crippen LogP contribution in [0.15, 0.2) is 52.9 Å². The number of hydrogen-bond donors (Lipinski definition) is 0. The highest BCUT2D eigenvalue weighted by atomic mass is 16.5. The summed E-state index contributed by atoms with van der Waals surface area (Å²) in [5, 5.41) is 0. The molecule has 0 amide bonds. The molecule has 0 spiro atoms. The quantitative estimate of drug-likeness (QED) is 0.679. The number of carbonyl (C=O) groups is 1. The molecule has 0 aliphatic carbocycles. The molecule has 0 atom stereocenters. The Morgan fingerprint density at radius 3 is 2.60 bits per heavy atom. The summed E-state index contributed by atoms with van der Waals surface area (Å²) in [5.41, 5.74) is 1.82. The number of ketones is 1. The number of aromatic nitrogens is 1. The smallest absolute Gasteiger partial charge is 0.269 e. The lowest BCUT2D eigenvalue weighted by molar-refractivity contribution is 0.100. The van der Waals surface area contributed by atoms with E-state index in [0.717, 1.165) is 5.75 Å². The molecule has 2 aromatic carbocycles. The summed E-state index contributed by atoms with van der Waals surface area (Å²) in [6, 6.07) is 14.3. The fraction of sp³-hybridized carbons (Fsp3) is 0.125. The van der Waals surface area contributed by atoms with E-state index in [4.69, 9.17) is 9.15 Å². The summed E-state index contributed by atoms with van der Waals surface area (Å²) < 4.78 is 10.8. The SMILES string of the molecule is CCOc1ccc(C(=O)c2nc3ccccc3o2)cc1. The Balaban J connectivity index is 1.91. The second-order valence-electron chi connectivity index (χ2n) is 4.27. The lowest BCUT2D eigenvalue weighted by Crippen LogP contribution is -2.01. The van der Waals surface area contributed by atoms with Crippen LogP contribution in [0, 0.1) is 0 Å². The first-order valence-electron chi connectivity index (χ1n) is 6.41. The van der Waals surface area contributed by atoms with Crippen molar-refractivity contribution in [3.05, 3.63) is 60.0 Å². The average molecular weight is 267 g/mol. The Hall–Kier alpha value is -2.62. The molecular weight excluding hydrogens is 254 g/mol. The Kier molecular flexibility index (Phi) is 3.21. The fourth-order valence-electron chi connectivity index (χ4n) is 1.96. The van der Waals surface area contributed by atoms with Crippen molar-refractivity contribution in [2.45, 2.75) is 6.92 Å². The van der Waals surface area contributed by atoms with E-state index in [9.17, 15) is 4.79 Å². The zero-order valence-corrected chi connectivity index (χ0v) is 11.0. The van der Waals surface area contributed by atoms with Crippen LogP contribution < -0.4 is 4.74 Å². The lowest BCUT2D eigenvalue weighted by atomic mass is 10.1. The maximum absolute atomic E-state index is 12.3. The first-order chi connectivity index (χ1) is 9.78. The molecule has 0 saturated carbocycles. The van der Waals surface area contributed by atoms with Gasteiger partial charge in [0.05, 0.1) is 6.61 Å². The Bertz CT molecular complexity index is 711. The number of hydrogen-bond acceptors (Lipinski definition) is 4. The van der Waals surface area contributed by atoms with Gasteiger partial charge < -0.3 is 9.15 Å². The van der Waals surface area contributed by atoms with Crippen LogP contribution in [0.5, 0.6) is 5.75 Å². The third-order valence-electron chi connectivity index (χ3n) is 2.92. The molecule has 0 N–H and O–H groups in total. The molecule has 1 aromatic heterocycles. The molecule has 0 unspecified atom stereocenters. The molecule has 100 valence electrons.